The highest BCUT2D eigenvalue weighted by Gasteiger charge is 2.58. The van der Waals surface area contributed by atoms with Crippen LogP contribution < -0.4 is 10.2 Å². The number of rotatable bonds is 1. The molecule has 4 rings (SSSR count). The number of halogens is 2. The van der Waals surface area contributed by atoms with Crippen molar-refractivity contribution < 1.29 is 9.59 Å². The number of carbonyl (C=O) groups is 2. The van der Waals surface area contributed by atoms with Gasteiger partial charge in [0.25, 0.3) is 5.91 Å². The lowest BCUT2D eigenvalue weighted by Crippen LogP contribution is -2.47. The molecule has 2 aliphatic rings. The van der Waals surface area contributed by atoms with Crippen LogP contribution in [0.15, 0.2) is 46.9 Å². The van der Waals surface area contributed by atoms with Crippen molar-refractivity contribution in [1.29, 1.82) is 0 Å². The van der Waals surface area contributed by atoms with Crippen LogP contribution in [0.5, 0.6) is 0 Å². The van der Waals surface area contributed by atoms with Crippen molar-refractivity contribution in [3.05, 3.63) is 57.5 Å². The smallest absolute Gasteiger partial charge is 0.266 e. The first-order valence-electron chi connectivity index (χ1n) is 6.86. The highest BCUT2D eigenvalue weighted by atomic mass is 79.9. The van der Waals surface area contributed by atoms with Gasteiger partial charge in [-0.2, -0.15) is 0 Å². The second-order valence-electron chi connectivity index (χ2n) is 5.28. The molecule has 2 aromatic rings. The Morgan fingerprint density at radius 3 is 2.65 bits per heavy atom. The molecule has 0 aromatic heterocycles. The van der Waals surface area contributed by atoms with Gasteiger partial charge in [0, 0.05) is 26.4 Å². The summed E-state index contributed by atoms with van der Waals surface area (Å²) < 4.78 is 0.864. The molecule has 1 spiro atoms. The molecule has 2 heterocycles. The van der Waals surface area contributed by atoms with Crippen LogP contribution in [0.4, 0.5) is 11.4 Å². The molecule has 2 amide bonds. The van der Waals surface area contributed by atoms with E-state index in [1.807, 2.05) is 18.2 Å². The van der Waals surface area contributed by atoms with Gasteiger partial charge in [0.2, 0.25) is 10.8 Å². The number of anilines is 2. The number of nitrogens with zero attached hydrogens (tertiary/aromatic N) is 1. The summed E-state index contributed by atoms with van der Waals surface area (Å²) in [7, 11) is 0. The molecule has 1 saturated heterocycles. The molecule has 0 aliphatic carbocycles. The summed E-state index contributed by atoms with van der Waals surface area (Å²) in [4.78, 5) is 25.8. The van der Waals surface area contributed by atoms with Crippen LogP contribution in [0.3, 0.4) is 0 Å². The largest absolute Gasteiger partial charge is 0.323 e. The number of benzene rings is 2. The lowest BCUT2D eigenvalue weighted by Gasteiger charge is -2.32. The molecule has 1 fully saturated rings. The van der Waals surface area contributed by atoms with Crippen molar-refractivity contribution in [2.75, 3.05) is 16.0 Å². The van der Waals surface area contributed by atoms with E-state index in [9.17, 15) is 9.59 Å². The van der Waals surface area contributed by atoms with Crippen molar-refractivity contribution in [3.8, 4) is 0 Å². The number of amides is 2. The molecule has 2 aliphatic heterocycles. The fourth-order valence-electron chi connectivity index (χ4n) is 2.99. The highest BCUT2D eigenvalue weighted by Crippen LogP contribution is 2.54. The molecular formula is C16H10BrClN2O2S. The maximum atomic E-state index is 12.8. The number of thioether (sulfide) groups is 1. The summed E-state index contributed by atoms with van der Waals surface area (Å²) in [6.45, 7) is 0. The molecule has 0 radical (unpaired) electrons. The topological polar surface area (TPSA) is 49.4 Å². The van der Waals surface area contributed by atoms with E-state index in [4.69, 9.17) is 11.6 Å². The second-order valence-corrected chi connectivity index (χ2v) is 7.80. The minimum absolute atomic E-state index is 0.0969. The lowest BCUT2D eigenvalue weighted by atomic mass is 10.0. The third-order valence-electron chi connectivity index (χ3n) is 3.96. The Balaban J connectivity index is 1.93. The lowest BCUT2D eigenvalue weighted by molar-refractivity contribution is -0.122. The van der Waals surface area contributed by atoms with Crippen LogP contribution >= 0.6 is 39.3 Å². The van der Waals surface area contributed by atoms with Gasteiger partial charge in [0.1, 0.15) is 0 Å². The number of fused-ring (bicyclic) bond motifs is 2. The molecule has 2 aromatic carbocycles. The van der Waals surface area contributed by atoms with Crippen molar-refractivity contribution in [3.63, 3.8) is 0 Å². The number of nitrogens with one attached hydrogen (secondary N) is 1. The molecule has 0 bridgehead atoms. The van der Waals surface area contributed by atoms with Crippen molar-refractivity contribution in [2.24, 2.45) is 0 Å². The quantitative estimate of drug-likeness (QED) is 0.775. The molecule has 0 unspecified atom stereocenters. The van der Waals surface area contributed by atoms with Crippen molar-refractivity contribution in [2.45, 2.75) is 4.87 Å². The van der Waals surface area contributed by atoms with Crippen LogP contribution in [0.1, 0.15) is 5.56 Å². The van der Waals surface area contributed by atoms with Crippen molar-refractivity contribution >= 4 is 62.5 Å². The van der Waals surface area contributed by atoms with Crippen LogP contribution in [0, 0.1) is 0 Å². The predicted octanol–water partition coefficient (Wildman–Crippen LogP) is 3.99. The van der Waals surface area contributed by atoms with E-state index in [1.54, 1.807) is 29.2 Å². The first-order valence-corrected chi connectivity index (χ1v) is 9.02. The van der Waals surface area contributed by atoms with Gasteiger partial charge in [0.05, 0.1) is 5.75 Å². The Labute approximate surface area is 150 Å². The van der Waals surface area contributed by atoms with E-state index in [-0.39, 0.29) is 17.6 Å². The van der Waals surface area contributed by atoms with Gasteiger partial charge in [-0.25, -0.2) is 0 Å². The van der Waals surface area contributed by atoms with Crippen molar-refractivity contribution in [1.82, 2.24) is 0 Å². The maximum absolute atomic E-state index is 12.8. The first kappa shape index (κ1) is 15.1. The third-order valence-corrected chi connectivity index (χ3v) is 6.10. The van der Waals surface area contributed by atoms with Crippen LogP contribution in [-0.4, -0.2) is 17.6 Å². The van der Waals surface area contributed by atoms with Gasteiger partial charge in [-0.1, -0.05) is 27.5 Å². The minimum atomic E-state index is -1.07. The average molecular weight is 410 g/mol. The van der Waals surface area contributed by atoms with E-state index in [2.05, 4.69) is 21.2 Å². The Bertz CT molecular complexity index is 842. The molecule has 1 atom stereocenters. The number of carbonyl (C=O) groups excluding carboxylic acids is 2. The molecule has 0 saturated carbocycles. The zero-order chi connectivity index (χ0) is 16.2. The highest BCUT2D eigenvalue weighted by molar-refractivity contribution is 9.10. The van der Waals surface area contributed by atoms with Gasteiger partial charge in [-0.3, -0.25) is 14.5 Å². The molecule has 116 valence electrons. The van der Waals surface area contributed by atoms with E-state index >= 15 is 0 Å². The molecule has 7 heteroatoms. The molecule has 4 nitrogen and oxygen atoms in total. The summed E-state index contributed by atoms with van der Waals surface area (Å²) in [6, 6.07) is 12.6. The average Bonchev–Trinajstić information content (AvgIpc) is 3.01. The van der Waals surface area contributed by atoms with Gasteiger partial charge >= 0.3 is 0 Å². The molecule has 1 N–H and O–H groups in total. The number of hydrogen-bond donors (Lipinski definition) is 1. The first-order chi connectivity index (χ1) is 11.0. The van der Waals surface area contributed by atoms with Crippen LogP contribution in [-0.2, 0) is 14.5 Å². The fourth-order valence-corrected chi connectivity index (χ4v) is 4.78. The van der Waals surface area contributed by atoms with Gasteiger partial charge in [-0.05, 0) is 42.5 Å². The maximum Gasteiger partial charge on any atom is 0.266 e. The summed E-state index contributed by atoms with van der Waals surface area (Å²) in [5.41, 5.74) is 2.19. The third kappa shape index (κ3) is 2.12. The zero-order valence-corrected chi connectivity index (χ0v) is 14.8. The molecule has 23 heavy (non-hydrogen) atoms. The van der Waals surface area contributed by atoms with E-state index in [0.29, 0.717) is 10.7 Å². The zero-order valence-electron chi connectivity index (χ0n) is 11.7. The Hall–Kier alpha value is -1.50. The summed E-state index contributed by atoms with van der Waals surface area (Å²) in [5, 5.41) is 3.47. The monoisotopic (exact) mass is 408 g/mol. The summed E-state index contributed by atoms with van der Waals surface area (Å²) in [5.74, 6) is -0.0427. The van der Waals surface area contributed by atoms with Gasteiger partial charge in [-0.15, -0.1) is 11.8 Å². The Morgan fingerprint density at radius 1 is 1.17 bits per heavy atom. The van der Waals surface area contributed by atoms with E-state index in [1.165, 1.54) is 11.8 Å². The normalized spacial score (nSPS) is 22.6. The standard InChI is InChI=1S/C16H10BrClN2O2S/c17-9-1-6-13-12(7-9)16(15(22)19-13)20(14(21)8-23-16)11-4-2-10(18)3-5-11/h1-7H,8H2,(H,19,22)/t16-/m1/s1. The number of hydrogen-bond acceptors (Lipinski definition) is 3. The minimum Gasteiger partial charge on any atom is -0.323 e. The van der Waals surface area contributed by atoms with Crippen LogP contribution in [0.2, 0.25) is 5.02 Å². The summed E-state index contributed by atoms with van der Waals surface area (Å²) >= 11 is 10.7. The summed E-state index contributed by atoms with van der Waals surface area (Å²) in [6.07, 6.45) is 0. The molecular weight excluding hydrogens is 400 g/mol. The Kier molecular flexibility index (Phi) is 3.44. The second kappa shape index (κ2) is 5.26. The van der Waals surface area contributed by atoms with E-state index in [0.717, 1.165) is 15.7 Å². The predicted molar refractivity (Wildman–Crippen MR) is 95.8 cm³/mol. The Morgan fingerprint density at radius 2 is 1.91 bits per heavy atom. The fraction of sp³-hybridized carbons (Fsp3) is 0.125. The van der Waals surface area contributed by atoms with Crippen LogP contribution in [0.25, 0.3) is 0 Å². The van der Waals surface area contributed by atoms with Gasteiger partial charge in [0.15, 0.2) is 0 Å². The van der Waals surface area contributed by atoms with E-state index < -0.39 is 4.87 Å². The van der Waals surface area contributed by atoms with Gasteiger partial charge < -0.3 is 5.32 Å². The SMILES string of the molecule is O=C1CS[C@]2(C(=O)Nc3ccc(Br)cc32)N1c1ccc(Cl)cc1.